The van der Waals surface area contributed by atoms with Gasteiger partial charge in [0.15, 0.2) is 0 Å². The summed E-state index contributed by atoms with van der Waals surface area (Å²) in [5.41, 5.74) is 1.74. The Bertz CT molecular complexity index is 380. The van der Waals surface area contributed by atoms with Crippen molar-refractivity contribution in [3.8, 4) is 0 Å². The van der Waals surface area contributed by atoms with Crippen molar-refractivity contribution < 1.29 is 13.9 Å². The number of hydrogen-bond donors (Lipinski definition) is 0. The number of hydrogen-bond acceptors (Lipinski definition) is 3. The van der Waals surface area contributed by atoms with Gasteiger partial charge in [-0.05, 0) is 37.6 Å². The zero-order valence-electron chi connectivity index (χ0n) is 12.2. The number of halogens is 2. The number of alkyl halides is 1. The molecule has 0 radical (unpaired) electrons. The van der Waals surface area contributed by atoms with E-state index in [0.717, 1.165) is 24.3 Å². The van der Waals surface area contributed by atoms with Gasteiger partial charge in [0.2, 0.25) is 0 Å². The lowest BCUT2D eigenvalue weighted by molar-refractivity contribution is 0.141. The molecule has 0 fully saturated rings. The molecule has 0 bridgehead atoms. The van der Waals surface area contributed by atoms with Crippen molar-refractivity contribution in [2.45, 2.75) is 19.7 Å². The highest BCUT2D eigenvalue weighted by Crippen LogP contribution is 2.23. The van der Waals surface area contributed by atoms with Crippen LogP contribution in [0.1, 0.15) is 19.4 Å². The van der Waals surface area contributed by atoms with Crippen LogP contribution in [-0.2, 0) is 15.4 Å². The van der Waals surface area contributed by atoms with Crippen molar-refractivity contribution in [3.63, 3.8) is 0 Å². The highest BCUT2D eigenvalue weighted by atomic mass is 35.5. The van der Waals surface area contributed by atoms with Crippen LogP contribution in [0, 0.1) is 5.82 Å². The normalized spacial score (nSPS) is 10.8. The van der Waals surface area contributed by atoms with E-state index in [1.807, 2.05) is 13.8 Å². The third kappa shape index (κ3) is 5.65. The Morgan fingerprint density at radius 3 is 2.20 bits per heavy atom. The van der Waals surface area contributed by atoms with Crippen LogP contribution in [0.5, 0.6) is 0 Å². The van der Waals surface area contributed by atoms with Crippen LogP contribution in [0.15, 0.2) is 18.2 Å². The molecule has 0 aliphatic carbocycles. The fourth-order valence-corrected chi connectivity index (χ4v) is 2.17. The summed E-state index contributed by atoms with van der Waals surface area (Å²) < 4.78 is 24.1. The highest BCUT2D eigenvalue weighted by Gasteiger charge is 2.11. The third-order valence-electron chi connectivity index (χ3n) is 2.95. The predicted octanol–water partition coefficient (Wildman–Crippen LogP) is 3.44. The molecule has 20 heavy (non-hydrogen) atoms. The smallest absolute Gasteiger partial charge is 0.123 e. The molecule has 0 N–H and O–H groups in total. The maximum Gasteiger partial charge on any atom is 0.123 e. The second-order valence-corrected chi connectivity index (χ2v) is 4.55. The van der Waals surface area contributed by atoms with Crippen molar-refractivity contribution in [2.24, 2.45) is 0 Å². The van der Waals surface area contributed by atoms with Gasteiger partial charge in [0.05, 0.1) is 13.2 Å². The molecule has 5 heteroatoms. The molecule has 3 nitrogen and oxygen atoms in total. The van der Waals surface area contributed by atoms with Gasteiger partial charge in [-0.15, -0.1) is 11.6 Å². The van der Waals surface area contributed by atoms with Crippen LogP contribution in [0.25, 0.3) is 0 Å². The van der Waals surface area contributed by atoms with Crippen molar-refractivity contribution >= 4 is 17.3 Å². The maximum atomic E-state index is 13.3. The van der Waals surface area contributed by atoms with E-state index in [0.29, 0.717) is 26.4 Å². The lowest BCUT2D eigenvalue weighted by Gasteiger charge is -2.26. The largest absolute Gasteiger partial charge is 0.380 e. The van der Waals surface area contributed by atoms with Gasteiger partial charge in [0.25, 0.3) is 0 Å². The lowest BCUT2D eigenvalue weighted by atomic mass is 10.1. The van der Waals surface area contributed by atoms with Gasteiger partial charge in [0, 0.05) is 37.9 Å². The first-order chi connectivity index (χ1) is 9.72. The average Bonchev–Trinajstić information content (AvgIpc) is 2.46. The number of anilines is 1. The SMILES string of the molecule is CCOCCN(CCOCC)c1ccc(F)cc1CCl. The minimum atomic E-state index is -0.265. The summed E-state index contributed by atoms with van der Waals surface area (Å²) in [6.07, 6.45) is 0. The molecule has 1 rings (SSSR count). The second kappa shape index (κ2) is 9.97. The molecule has 0 saturated carbocycles. The minimum absolute atomic E-state index is 0.265. The first-order valence-corrected chi connectivity index (χ1v) is 7.51. The Labute approximate surface area is 125 Å². The molecule has 0 saturated heterocycles. The Hall–Kier alpha value is -0.840. The first-order valence-electron chi connectivity index (χ1n) is 6.97. The molecule has 0 unspecified atom stereocenters. The molecule has 1 aromatic carbocycles. The van der Waals surface area contributed by atoms with Gasteiger partial charge in [-0.3, -0.25) is 0 Å². The maximum absolute atomic E-state index is 13.3. The molecule has 0 amide bonds. The number of rotatable bonds is 10. The van der Waals surface area contributed by atoms with E-state index in [1.165, 1.54) is 12.1 Å². The van der Waals surface area contributed by atoms with E-state index in [4.69, 9.17) is 21.1 Å². The van der Waals surface area contributed by atoms with Crippen LogP contribution in [-0.4, -0.2) is 39.5 Å². The minimum Gasteiger partial charge on any atom is -0.380 e. The molecule has 0 aliphatic rings. The van der Waals surface area contributed by atoms with E-state index in [1.54, 1.807) is 6.07 Å². The number of benzene rings is 1. The molecule has 0 heterocycles. The van der Waals surface area contributed by atoms with Crippen LogP contribution >= 0.6 is 11.6 Å². The van der Waals surface area contributed by atoms with E-state index in [2.05, 4.69) is 4.90 Å². The molecule has 114 valence electrons. The predicted molar refractivity (Wildman–Crippen MR) is 81.2 cm³/mol. The Kier molecular flexibility index (Phi) is 8.58. The summed E-state index contributed by atoms with van der Waals surface area (Å²) in [4.78, 5) is 2.13. The molecule has 0 atom stereocenters. The quantitative estimate of drug-likeness (QED) is 0.488. The average molecular weight is 304 g/mol. The summed E-state index contributed by atoms with van der Waals surface area (Å²) in [6.45, 7) is 8.02. The zero-order chi connectivity index (χ0) is 14.8. The Morgan fingerprint density at radius 1 is 1.10 bits per heavy atom. The molecule has 1 aromatic rings. The Morgan fingerprint density at radius 2 is 1.70 bits per heavy atom. The topological polar surface area (TPSA) is 21.7 Å². The van der Waals surface area contributed by atoms with Crippen LogP contribution < -0.4 is 4.90 Å². The van der Waals surface area contributed by atoms with Gasteiger partial charge in [-0.2, -0.15) is 0 Å². The standard InChI is InChI=1S/C15H23ClFNO2/c1-3-19-9-7-18(8-10-20-4-2)15-6-5-14(17)11-13(15)12-16/h5-6,11H,3-4,7-10,12H2,1-2H3. The third-order valence-corrected chi connectivity index (χ3v) is 3.23. The fourth-order valence-electron chi connectivity index (χ4n) is 1.96. The molecule has 0 spiro atoms. The Balaban J connectivity index is 2.78. The van der Waals surface area contributed by atoms with Crippen molar-refractivity contribution in [2.75, 3.05) is 44.4 Å². The molecule has 0 aliphatic heterocycles. The summed E-state index contributed by atoms with van der Waals surface area (Å²) in [7, 11) is 0. The van der Waals surface area contributed by atoms with Gasteiger partial charge in [0.1, 0.15) is 5.82 Å². The molecule has 0 aromatic heterocycles. The van der Waals surface area contributed by atoms with E-state index < -0.39 is 0 Å². The van der Waals surface area contributed by atoms with Crippen LogP contribution in [0.2, 0.25) is 0 Å². The summed E-state index contributed by atoms with van der Waals surface area (Å²) in [6, 6.07) is 4.71. The van der Waals surface area contributed by atoms with Gasteiger partial charge in [-0.1, -0.05) is 0 Å². The zero-order valence-corrected chi connectivity index (χ0v) is 13.0. The molecular weight excluding hydrogens is 281 g/mol. The lowest BCUT2D eigenvalue weighted by Crippen LogP contribution is -2.31. The second-order valence-electron chi connectivity index (χ2n) is 4.29. The molecular formula is C15H23ClFNO2. The van der Waals surface area contributed by atoms with Crippen LogP contribution in [0.4, 0.5) is 10.1 Å². The first kappa shape index (κ1) is 17.2. The summed E-state index contributed by atoms with van der Waals surface area (Å²) >= 11 is 5.91. The highest BCUT2D eigenvalue weighted by molar-refractivity contribution is 6.17. The van der Waals surface area contributed by atoms with E-state index in [-0.39, 0.29) is 11.7 Å². The van der Waals surface area contributed by atoms with Crippen molar-refractivity contribution in [3.05, 3.63) is 29.6 Å². The fraction of sp³-hybridized carbons (Fsp3) is 0.600. The monoisotopic (exact) mass is 303 g/mol. The van der Waals surface area contributed by atoms with Crippen molar-refractivity contribution in [1.82, 2.24) is 0 Å². The number of nitrogens with zero attached hydrogens (tertiary/aromatic N) is 1. The summed E-state index contributed by atoms with van der Waals surface area (Å²) in [5.74, 6) is 0.0197. The number of ether oxygens (including phenoxy) is 2. The van der Waals surface area contributed by atoms with Gasteiger partial charge >= 0.3 is 0 Å². The van der Waals surface area contributed by atoms with Gasteiger partial charge in [-0.25, -0.2) is 4.39 Å². The van der Waals surface area contributed by atoms with E-state index in [9.17, 15) is 4.39 Å². The van der Waals surface area contributed by atoms with Gasteiger partial charge < -0.3 is 14.4 Å². The van der Waals surface area contributed by atoms with Crippen molar-refractivity contribution in [1.29, 1.82) is 0 Å². The van der Waals surface area contributed by atoms with E-state index >= 15 is 0 Å². The summed E-state index contributed by atoms with van der Waals surface area (Å²) in [5, 5.41) is 0. The van der Waals surface area contributed by atoms with Crippen LogP contribution in [0.3, 0.4) is 0 Å².